The molecule has 2 aromatic rings. The molecule has 375 valence electrons. The van der Waals surface area contributed by atoms with E-state index < -0.39 is 48.8 Å². The van der Waals surface area contributed by atoms with Crippen molar-refractivity contribution in [3.05, 3.63) is 55.5 Å². The minimum atomic E-state index is -1.00. The molecule has 10 unspecified atom stereocenters. The summed E-state index contributed by atoms with van der Waals surface area (Å²) in [5, 5.41) is 9.50. The Hall–Kier alpha value is -3.30. The average Bonchev–Trinajstić information content (AvgIpc) is 3.21. The van der Waals surface area contributed by atoms with E-state index in [1.165, 1.54) is 41.4 Å². The maximum atomic E-state index is 11.6. The summed E-state index contributed by atoms with van der Waals surface area (Å²) in [5.74, 6) is -1.28. The zero-order chi connectivity index (χ0) is 51.6. The number of hydrogen-bond acceptors (Lipinski definition) is 14. The molecule has 2 fully saturated rings. The number of aromatic hydroxyl groups is 1. The number of benzene rings is 2. The van der Waals surface area contributed by atoms with E-state index in [0.29, 0.717) is 19.1 Å². The molecular formula is C44H63BBr2Cl2F3O14. The van der Waals surface area contributed by atoms with Gasteiger partial charge in [0.2, 0.25) is 12.6 Å². The van der Waals surface area contributed by atoms with Crippen LogP contribution in [0.4, 0.5) is 13.5 Å². The monoisotopic (exact) mass is 1110 g/mol. The zero-order valence-electron chi connectivity index (χ0n) is 39.7. The number of carbonyl (C=O) groups excluding carboxylic acids is 5. The summed E-state index contributed by atoms with van der Waals surface area (Å²) in [5.41, 5.74) is 3.70. The van der Waals surface area contributed by atoms with E-state index in [-0.39, 0.29) is 60.3 Å². The smallest absolute Gasteiger partial charge is 0.351 e. The van der Waals surface area contributed by atoms with Gasteiger partial charge in [-0.3, -0.25) is 24.0 Å². The molecule has 1 radical (unpaired) electrons. The van der Waals surface area contributed by atoms with Crippen molar-refractivity contribution in [1.29, 1.82) is 0 Å². The molecule has 14 nitrogen and oxygen atoms in total. The normalized spacial score (nSPS) is 23.7. The third-order valence-electron chi connectivity index (χ3n) is 9.93. The van der Waals surface area contributed by atoms with Crippen molar-refractivity contribution in [3.8, 4) is 11.5 Å². The van der Waals surface area contributed by atoms with Crippen LogP contribution in [-0.2, 0) is 57.1 Å². The van der Waals surface area contributed by atoms with E-state index in [1.54, 1.807) is 0 Å². The van der Waals surface area contributed by atoms with E-state index >= 15 is 0 Å². The Labute approximate surface area is 413 Å². The molecule has 0 aliphatic carbocycles. The maximum Gasteiger partial charge on any atom is 0.351 e. The third kappa shape index (κ3) is 24.1. The number of esters is 5. The van der Waals surface area contributed by atoms with E-state index in [1.807, 2.05) is 79.7 Å². The fourth-order valence-corrected chi connectivity index (χ4v) is 7.84. The number of ether oxygens (including phenoxy) is 8. The van der Waals surface area contributed by atoms with Gasteiger partial charge in [0.05, 0.1) is 17.5 Å². The van der Waals surface area contributed by atoms with Crippen LogP contribution < -0.4 is 4.74 Å². The Morgan fingerprint density at radius 1 is 0.621 bits per heavy atom. The van der Waals surface area contributed by atoms with Crippen molar-refractivity contribution in [3.63, 3.8) is 0 Å². The minimum absolute atomic E-state index is 0.0145. The lowest BCUT2D eigenvalue weighted by Gasteiger charge is -2.43. The van der Waals surface area contributed by atoms with Crippen molar-refractivity contribution in [1.82, 2.24) is 0 Å². The molecule has 10 atom stereocenters. The molecule has 2 aliphatic rings. The predicted molar refractivity (Wildman–Crippen MR) is 251 cm³/mol. The van der Waals surface area contributed by atoms with Crippen molar-refractivity contribution in [2.75, 3.05) is 18.6 Å². The van der Waals surface area contributed by atoms with Crippen LogP contribution in [0.5, 0.6) is 11.5 Å². The van der Waals surface area contributed by atoms with Crippen LogP contribution >= 0.6 is 55.1 Å². The Morgan fingerprint density at radius 2 is 0.924 bits per heavy atom. The highest BCUT2D eigenvalue weighted by Gasteiger charge is 2.47. The Bertz CT molecular complexity index is 1770. The summed E-state index contributed by atoms with van der Waals surface area (Å²) < 4.78 is 72.0. The number of aryl methyl sites for hydroxylation is 4. The van der Waals surface area contributed by atoms with Gasteiger partial charge < -0.3 is 47.3 Å². The van der Waals surface area contributed by atoms with E-state index in [9.17, 15) is 33.4 Å². The Morgan fingerprint density at radius 3 is 1.24 bits per heavy atom. The molecule has 0 bridgehead atoms. The van der Waals surface area contributed by atoms with Gasteiger partial charge in [0.25, 0.3) is 0 Å². The molecule has 4 rings (SSSR count). The first-order valence-corrected chi connectivity index (χ1v) is 23.0. The van der Waals surface area contributed by atoms with Crippen LogP contribution in [0, 0.1) is 51.4 Å². The molecule has 0 saturated carbocycles. The standard InChI is InChI=1S/C20H27BrO6.C14H22O7.C8H9BrO.CH3BF.CH2Cl2.F2/c1-10-7-16(21)8-11(2)18(10)27-20-19(25-15(6)23)13(4)12(3)17(26-20)9-24-14(5)22;1-7-8(2)13(19-10(4)16)14(20-11(5)17)21-12(7)6-18-9(3)15;1-5-3-7(9)4-6(2)8(5)10;1-2-3;2-1-3;1-2/h7-8,12-13,17,19-20H,9H2,1-6H3;7-8,12-14H,6H2,1-5H3;3-4,10H,1-2H3;1H3;1H2;. The van der Waals surface area contributed by atoms with Crippen molar-refractivity contribution < 1.29 is 80.4 Å². The van der Waals surface area contributed by atoms with Crippen molar-refractivity contribution in [2.24, 2.45) is 23.7 Å². The summed E-state index contributed by atoms with van der Waals surface area (Å²) in [6, 6.07) is 7.69. The van der Waals surface area contributed by atoms with Crippen LogP contribution in [0.3, 0.4) is 0 Å². The highest BCUT2D eigenvalue weighted by atomic mass is 79.9. The second kappa shape index (κ2) is 34.1. The summed E-state index contributed by atoms with van der Waals surface area (Å²) >= 11 is 16.3. The minimum Gasteiger partial charge on any atom is -0.507 e. The van der Waals surface area contributed by atoms with Crippen molar-refractivity contribution in [2.45, 2.75) is 134 Å². The maximum absolute atomic E-state index is 11.6. The number of phenolic OH excluding ortho intramolecular Hbond substituents is 1. The second-order valence-corrected chi connectivity index (χ2v) is 17.7. The summed E-state index contributed by atoms with van der Waals surface area (Å²) in [6.07, 6.45) is -3.82. The van der Waals surface area contributed by atoms with E-state index in [2.05, 4.69) is 31.9 Å². The van der Waals surface area contributed by atoms with Gasteiger partial charge in [-0.25, -0.2) is 0 Å². The second-order valence-electron chi connectivity index (χ2n) is 15.1. The lowest BCUT2D eigenvalue weighted by atomic mass is 9.83. The first-order chi connectivity index (χ1) is 30.8. The van der Waals surface area contributed by atoms with Gasteiger partial charge >= 0.3 is 37.4 Å². The number of hydrogen-bond donors (Lipinski definition) is 1. The molecule has 66 heavy (non-hydrogen) atoms. The van der Waals surface area contributed by atoms with Gasteiger partial charge in [-0.2, -0.15) is 0 Å². The van der Waals surface area contributed by atoms with Crippen LogP contribution in [0.15, 0.2) is 33.2 Å². The zero-order valence-corrected chi connectivity index (χ0v) is 44.4. The molecule has 2 aromatic carbocycles. The topological polar surface area (TPSA) is 179 Å². The van der Waals surface area contributed by atoms with Crippen LogP contribution in [-0.4, -0.2) is 98.1 Å². The van der Waals surface area contributed by atoms with Gasteiger partial charge in [-0.1, -0.05) is 66.4 Å². The van der Waals surface area contributed by atoms with Crippen LogP contribution in [0.1, 0.15) is 84.6 Å². The van der Waals surface area contributed by atoms with Gasteiger partial charge in [-0.15, -0.1) is 23.2 Å². The number of phenols is 1. The molecule has 22 heteroatoms. The van der Waals surface area contributed by atoms with Crippen LogP contribution in [0.25, 0.3) is 0 Å². The summed E-state index contributed by atoms with van der Waals surface area (Å²) in [6.45, 7) is 23.5. The number of alkyl halides is 2. The Kier molecular flexibility index (Phi) is 33.4. The lowest BCUT2D eigenvalue weighted by Crippen LogP contribution is -2.54. The van der Waals surface area contributed by atoms with Crippen molar-refractivity contribution >= 4 is 92.5 Å². The van der Waals surface area contributed by atoms with Gasteiger partial charge in [0, 0.05) is 64.5 Å². The molecule has 0 aromatic heterocycles. The molecule has 2 heterocycles. The SMILES string of the molecule is CC(=O)OCC1OC(OC(C)=O)C(OC(C)=O)C(C)C1C.CC(=O)OCC1OC(Oc2c(C)cc(Br)cc2C)C(OC(C)=O)C(C)C1C.C[B]F.Cc1cc(Br)cc(C)c1O.ClCCl.FF. The fourth-order valence-electron chi connectivity index (χ4n) is 6.46. The van der Waals surface area contributed by atoms with Gasteiger partial charge in [0.15, 0.2) is 12.2 Å². The van der Waals surface area contributed by atoms with E-state index in [4.69, 9.17) is 70.2 Å². The molecule has 2 saturated heterocycles. The molecular weight excluding hydrogens is 1050 g/mol. The number of carbonyl (C=O) groups is 5. The van der Waals surface area contributed by atoms with Crippen LogP contribution in [0.2, 0.25) is 6.82 Å². The highest BCUT2D eigenvalue weighted by molar-refractivity contribution is 9.10. The largest absolute Gasteiger partial charge is 0.507 e. The first kappa shape index (κ1) is 64.8. The first-order valence-electron chi connectivity index (χ1n) is 20.4. The highest BCUT2D eigenvalue weighted by Crippen LogP contribution is 2.37. The summed E-state index contributed by atoms with van der Waals surface area (Å²) in [7, 11) is 0.500. The molecule has 0 amide bonds. The third-order valence-corrected chi connectivity index (χ3v) is 10.8. The summed E-state index contributed by atoms with van der Waals surface area (Å²) in [4.78, 5) is 56.1. The lowest BCUT2D eigenvalue weighted by molar-refractivity contribution is -0.271. The Balaban J connectivity index is 0. The quantitative estimate of drug-likeness (QED) is 0.108. The van der Waals surface area contributed by atoms with Gasteiger partial charge in [-0.05, 0) is 86.1 Å². The van der Waals surface area contributed by atoms with Gasteiger partial charge in [0.1, 0.15) is 24.7 Å². The molecule has 0 spiro atoms. The fraction of sp³-hybridized carbons (Fsp3) is 0.614. The number of halogens is 7. The number of rotatable bonds is 9. The predicted octanol–water partition coefficient (Wildman–Crippen LogP) is 10.6. The van der Waals surface area contributed by atoms with E-state index in [0.717, 1.165) is 31.2 Å². The molecule has 2 aliphatic heterocycles. The average molecular weight is 1110 g/mol. The molecule has 1 N–H and O–H groups in total.